The third-order valence-electron chi connectivity index (χ3n) is 5.01. The number of hydrogen-bond acceptors (Lipinski definition) is 6. The molecule has 7 nitrogen and oxygen atoms in total. The zero-order valence-electron chi connectivity index (χ0n) is 16.0. The van der Waals surface area contributed by atoms with Crippen molar-refractivity contribution < 1.29 is 28.9 Å². The number of carbonyl (C=O) groups is 2. The maximum Gasteiger partial charge on any atom is 0.295 e. The van der Waals surface area contributed by atoms with Crippen molar-refractivity contribution in [2.75, 3.05) is 33.5 Å². The SMILES string of the molecule is COCCN1C(=O)C(=O)/C(=C(\O)c2ccc3c(c2)OCCO3)C1c1ccccc1. The van der Waals surface area contributed by atoms with Gasteiger partial charge >= 0.3 is 0 Å². The fraction of sp³-hybridized carbons (Fsp3) is 0.273. The maximum atomic E-state index is 12.9. The minimum atomic E-state index is -0.720. The van der Waals surface area contributed by atoms with Gasteiger partial charge in [-0.05, 0) is 23.8 Å². The van der Waals surface area contributed by atoms with Crippen LogP contribution in [0.25, 0.3) is 5.76 Å². The first-order chi connectivity index (χ1) is 14.1. The lowest BCUT2D eigenvalue weighted by Gasteiger charge is -2.25. The Morgan fingerprint density at radius 3 is 2.55 bits per heavy atom. The van der Waals surface area contributed by atoms with Crippen LogP contribution in [0.3, 0.4) is 0 Å². The van der Waals surface area contributed by atoms with Crippen LogP contribution in [-0.2, 0) is 14.3 Å². The molecule has 0 radical (unpaired) electrons. The normalized spacial score (nSPS) is 20.2. The number of fused-ring (bicyclic) bond motifs is 1. The van der Waals surface area contributed by atoms with E-state index in [1.54, 1.807) is 18.2 Å². The molecule has 150 valence electrons. The number of nitrogens with zero attached hydrogens (tertiary/aromatic N) is 1. The van der Waals surface area contributed by atoms with Crippen molar-refractivity contribution in [2.45, 2.75) is 6.04 Å². The molecule has 2 aromatic carbocycles. The van der Waals surface area contributed by atoms with Crippen molar-refractivity contribution >= 4 is 17.4 Å². The molecule has 4 rings (SSSR count). The molecule has 29 heavy (non-hydrogen) atoms. The van der Waals surface area contributed by atoms with Gasteiger partial charge in [-0.15, -0.1) is 0 Å². The smallest absolute Gasteiger partial charge is 0.295 e. The van der Waals surface area contributed by atoms with E-state index in [0.717, 1.165) is 5.56 Å². The van der Waals surface area contributed by atoms with Crippen molar-refractivity contribution in [3.8, 4) is 11.5 Å². The summed E-state index contributed by atoms with van der Waals surface area (Å²) in [6.45, 7) is 1.37. The van der Waals surface area contributed by atoms with E-state index < -0.39 is 17.7 Å². The molecule has 0 spiro atoms. The Bertz CT molecular complexity index is 969. The molecule has 2 aliphatic rings. The lowest BCUT2D eigenvalue weighted by molar-refractivity contribution is -0.140. The maximum absolute atomic E-state index is 12.9. The van der Waals surface area contributed by atoms with Gasteiger partial charge in [0.25, 0.3) is 11.7 Å². The second kappa shape index (κ2) is 7.97. The van der Waals surface area contributed by atoms with Crippen molar-refractivity contribution in [2.24, 2.45) is 0 Å². The molecule has 0 aliphatic carbocycles. The summed E-state index contributed by atoms with van der Waals surface area (Å²) in [5.41, 5.74) is 1.18. The predicted molar refractivity (Wildman–Crippen MR) is 105 cm³/mol. The molecule has 0 bridgehead atoms. The Morgan fingerprint density at radius 1 is 1.10 bits per heavy atom. The largest absolute Gasteiger partial charge is 0.507 e. The summed E-state index contributed by atoms with van der Waals surface area (Å²) in [6.07, 6.45) is 0. The molecule has 1 N–H and O–H groups in total. The zero-order chi connectivity index (χ0) is 20.4. The Labute approximate surface area is 168 Å². The highest BCUT2D eigenvalue weighted by molar-refractivity contribution is 6.46. The first kappa shape index (κ1) is 19.0. The fourth-order valence-electron chi connectivity index (χ4n) is 3.63. The molecule has 2 heterocycles. The first-order valence-electron chi connectivity index (χ1n) is 9.34. The minimum Gasteiger partial charge on any atom is -0.507 e. The number of amides is 1. The number of rotatable bonds is 5. The van der Waals surface area contributed by atoms with Crippen LogP contribution in [0.15, 0.2) is 54.1 Å². The number of aliphatic hydroxyl groups excluding tert-OH is 1. The van der Waals surface area contributed by atoms with Crippen LogP contribution in [0.1, 0.15) is 17.2 Å². The van der Waals surface area contributed by atoms with Gasteiger partial charge in [-0.1, -0.05) is 30.3 Å². The number of carbonyl (C=O) groups excluding carboxylic acids is 2. The fourth-order valence-corrected chi connectivity index (χ4v) is 3.63. The molecule has 7 heteroatoms. The van der Waals surface area contributed by atoms with Crippen LogP contribution < -0.4 is 9.47 Å². The number of benzene rings is 2. The zero-order valence-corrected chi connectivity index (χ0v) is 16.0. The summed E-state index contributed by atoms with van der Waals surface area (Å²) >= 11 is 0. The van der Waals surface area contributed by atoms with E-state index in [4.69, 9.17) is 14.2 Å². The Balaban J connectivity index is 1.82. The van der Waals surface area contributed by atoms with Crippen molar-refractivity contribution in [3.05, 3.63) is 65.2 Å². The molecule has 1 unspecified atom stereocenters. The number of hydrogen-bond donors (Lipinski definition) is 1. The molecular weight excluding hydrogens is 374 g/mol. The molecule has 1 amide bonds. The van der Waals surface area contributed by atoms with E-state index in [1.807, 2.05) is 30.3 Å². The number of ether oxygens (including phenoxy) is 3. The standard InChI is InChI=1S/C22H21NO6/c1-27-10-9-23-19(14-5-3-2-4-6-14)18(21(25)22(23)26)20(24)15-7-8-16-17(13-15)29-12-11-28-16/h2-8,13,19,24H,9-12H2,1H3/b20-18-. The lowest BCUT2D eigenvalue weighted by atomic mass is 9.95. The summed E-state index contributed by atoms with van der Waals surface area (Å²) in [6, 6.07) is 13.4. The van der Waals surface area contributed by atoms with Crippen LogP contribution >= 0.6 is 0 Å². The molecule has 1 fully saturated rings. The molecule has 1 atom stereocenters. The summed E-state index contributed by atoms with van der Waals surface area (Å²) in [5.74, 6) is -0.551. The molecule has 0 saturated carbocycles. The van der Waals surface area contributed by atoms with Crippen molar-refractivity contribution in [1.29, 1.82) is 0 Å². The van der Waals surface area contributed by atoms with Crippen LogP contribution in [0.5, 0.6) is 11.5 Å². The average Bonchev–Trinajstić information content (AvgIpc) is 3.02. The quantitative estimate of drug-likeness (QED) is 0.476. The first-order valence-corrected chi connectivity index (χ1v) is 9.34. The van der Waals surface area contributed by atoms with Crippen molar-refractivity contribution in [3.63, 3.8) is 0 Å². The summed E-state index contributed by atoms with van der Waals surface area (Å²) in [4.78, 5) is 27.0. The van der Waals surface area contributed by atoms with E-state index >= 15 is 0 Å². The Kier molecular flexibility index (Phi) is 5.22. The van der Waals surface area contributed by atoms with Gasteiger partial charge in [0.2, 0.25) is 0 Å². The van der Waals surface area contributed by atoms with Crippen LogP contribution in [0.4, 0.5) is 0 Å². The average molecular weight is 395 g/mol. The van der Waals surface area contributed by atoms with Gasteiger partial charge in [0.15, 0.2) is 11.5 Å². The number of Topliss-reactive ketones (excluding diaryl/α,β-unsaturated/α-hetero) is 1. The van der Waals surface area contributed by atoms with E-state index in [2.05, 4.69) is 0 Å². The van der Waals surface area contributed by atoms with Gasteiger partial charge in [0, 0.05) is 19.2 Å². The number of likely N-dealkylation sites (tertiary alicyclic amines) is 1. The Morgan fingerprint density at radius 2 is 1.83 bits per heavy atom. The second-order valence-electron chi connectivity index (χ2n) is 6.75. The van der Waals surface area contributed by atoms with Gasteiger partial charge < -0.3 is 24.2 Å². The number of methoxy groups -OCH3 is 1. The van der Waals surface area contributed by atoms with E-state index in [0.29, 0.717) is 30.3 Å². The van der Waals surface area contributed by atoms with E-state index in [1.165, 1.54) is 12.0 Å². The highest BCUT2D eigenvalue weighted by Crippen LogP contribution is 2.40. The lowest BCUT2D eigenvalue weighted by Crippen LogP contribution is -2.32. The molecule has 1 saturated heterocycles. The summed E-state index contributed by atoms with van der Waals surface area (Å²) in [5, 5.41) is 11.0. The monoisotopic (exact) mass is 395 g/mol. The van der Waals surface area contributed by atoms with Crippen LogP contribution in [0.2, 0.25) is 0 Å². The molecule has 0 aromatic heterocycles. The van der Waals surface area contributed by atoms with Crippen LogP contribution in [-0.4, -0.2) is 55.2 Å². The van der Waals surface area contributed by atoms with Crippen LogP contribution in [0, 0.1) is 0 Å². The topological polar surface area (TPSA) is 85.3 Å². The minimum absolute atomic E-state index is 0.0500. The Hall–Kier alpha value is -3.32. The highest BCUT2D eigenvalue weighted by Gasteiger charge is 2.45. The third-order valence-corrected chi connectivity index (χ3v) is 5.01. The summed E-state index contributed by atoms with van der Waals surface area (Å²) in [7, 11) is 1.53. The predicted octanol–water partition coefficient (Wildman–Crippen LogP) is 2.53. The number of aliphatic hydroxyl groups is 1. The summed E-state index contributed by atoms with van der Waals surface area (Å²) < 4.78 is 16.2. The van der Waals surface area contributed by atoms with Gasteiger partial charge in [-0.25, -0.2) is 0 Å². The van der Waals surface area contributed by atoms with Gasteiger partial charge in [-0.3, -0.25) is 9.59 Å². The highest BCUT2D eigenvalue weighted by atomic mass is 16.6. The van der Waals surface area contributed by atoms with E-state index in [9.17, 15) is 14.7 Å². The van der Waals surface area contributed by atoms with Gasteiger partial charge in [-0.2, -0.15) is 0 Å². The second-order valence-corrected chi connectivity index (χ2v) is 6.75. The molecule has 2 aliphatic heterocycles. The van der Waals surface area contributed by atoms with Gasteiger partial charge in [0.05, 0.1) is 18.2 Å². The number of ketones is 1. The molecular formula is C22H21NO6. The van der Waals surface area contributed by atoms with E-state index in [-0.39, 0.29) is 24.5 Å². The van der Waals surface area contributed by atoms with Crippen molar-refractivity contribution in [1.82, 2.24) is 4.90 Å². The molecule has 2 aromatic rings. The van der Waals surface area contributed by atoms with Gasteiger partial charge in [0.1, 0.15) is 19.0 Å². The third kappa shape index (κ3) is 3.45.